The smallest absolute Gasteiger partial charge is 0.160 e. The molecule has 1 aromatic carbocycles. The van der Waals surface area contributed by atoms with Crippen molar-refractivity contribution in [1.82, 2.24) is 0 Å². The van der Waals surface area contributed by atoms with Gasteiger partial charge < -0.3 is 5.73 Å². The monoisotopic (exact) mass is 275 g/mol. The third kappa shape index (κ3) is 1.77. The molecule has 12 heavy (non-hydrogen) atoms. The summed E-state index contributed by atoms with van der Waals surface area (Å²) < 4.78 is 1.00. The summed E-state index contributed by atoms with van der Waals surface area (Å²) >= 11 is 2.15. The van der Waals surface area contributed by atoms with Gasteiger partial charge in [0.15, 0.2) is 5.78 Å². The van der Waals surface area contributed by atoms with Gasteiger partial charge in [0.05, 0.1) is 0 Å². The van der Waals surface area contributed by atoms with Crippen LogP contribution in [0.4, 0.5) is 5.69 Å². The molecule has 0 aliphatic carbocycles. The molecule has 0 aliphatic heterocycles. The number of benzene rings is 1. The van der Waals surface area contributed by atoms with E-state index in [2.05, 4.69) is 22.6 Å². The number of ketones is 1. The zero-order valence-corrected chi connectivity index (χ0v) is 9.18. The van der Waals surface area contributed by atoms with Crippen molar-refractivity contribution in [2.75, 3.05) is 5.73 Å². The lowest BCUT2D eigenvalue weighted by Crippen LogP contribution is -2.01. The molecule has 0 bridgehead atoms. The summed E-state index contributed by atoms with van der Waals surface area (Å²) in [7, 11) is 0. The van der Waals surface area contributed by atoms with Crippen LogP contribution in [0.3, 0.4) is 0 Å². The molecule has 1 aromatic rings. The molecule has 0 heterocycles. The van der Waals surface area contributed by atoms with Crippen molar-refractivity contribution in [3.05, 3.63) is 26.8 Å². The average Bonchev–Trinajstić information content (AvgIpc) is 1.96. The van der Waals surface area contributed by atoms with E-state index in [1.54, 1.807) is 6.92 Å². The predicted molar refractivity (Wildman–Crippen MR) is 58.3 cm³/mol. The van der Waals surface area contributed by atoms with E-state index < -0.39 is 0 Å². The van der Waals surface area contributed by atoms with Crippen LogP contribution in [0.1, 0.15) is 22.8 Å². The number of hydrogen-bond acceptors (Lipinski definition) is 2. The highest BCUT2D eigenvalue weighted by Crippen LogP contribution is 2.20. The Balaban J connectivity index is 3.37. The molecule has 0 saturated heterocycles. The largest absolute Gasteiger partial charge is 0.398 e. The van der Waals surface area contributed by atoms with Gasteiger partial charge in [0.2, 0.25) is 0 Å². The van der Waals surface area contributed by atoms with Crippen LogP contribution in [-0.4, -0.2) is 5.78 Å². The molecule has 2 N–H and O–H groups in total. The molecule has 0 radical (unpaired) electrons. The number of Topliss-reactive ketones (excluding diaryl/α,β-unsaturated/α-hetero) is 1. The second-order valence-electron chi connectivity index (χ2n) is 2.72. The van der Waals surface area contributed by atoms with E-state index >= 15 is 0 Å². The van der Waals surface area contributed by atoms with Crippen LogP contribution >= 0.6 is 22.6 Å². The normalized spacial score (nSPS) is 9.92. The van der Waals surface area contributed by atoms with Gasteiger partial charge in [-0.25, -0.2) is 0 Å². The Morgan fingerprint density at radius 1 is 1.50 bits per heavy atom. The number of halogens is 1. The molecule has 0 unspecified atom stereocenters. The van der Waals surface area contributed by atoms with Crippen LogP contribution in [-0.2, 0) is 0 Å². The maximum atomic E-state index is 11.1. The molecule has 0 aliphatic rings. The summed E-state index contributed by atoms with van der Waals surface area (Å²) in [6.07, 6.45) is 0. The van der Waals surface area contributed by atoms with E-state index in [4.69, 9.17) is 5.73 Å². The molecule has 2 nitrogen and oxygen atoms in total. The maximum Gasteiger partial charge on any atom is 0.160 e. The molecular formula is C9H10INO. The number of nitrogens with two attached hydrogens (primary N) is 1. The van der Waals surface area contributed by atoms with Crippen molar-refractivity contribution >= 4 is 34.1 Å². The fraction of sp³-hybridized carbons (Fsp3) is 0.222. The molecule has 3 heteroatoms. The van der Waals surface area contributed by atoms with Crippen LogP contribution in [0.25, 0.3) is 0 Å². The highest BCUT2D eigenvalue weighted by Gasteiger charge is 2.07. The Bertz CT molecular complexity index is 334. The highest BCUT2D eigenvalue weighted by atomic mass is 127. The van der Waals surface area contributed by atoms with Gasteiger partial charge in [0.1, 0.15) is 0 Å². The summed E-state index contributed by atoms with van der Waals surface area (Å²) in [6, 6.07) is 3.72. The Kier molecular flexibility index (Phi) is 2.72. The van der Waals surface area contributed by atoms with Gasteiger partial charge >= 0.3 is 0 Å². The van der Waals surface area contributed by atoms with Crippen molar-refractivity contribution in [1.29, 1.82) is 0 Å². The van der Waals surface area contributed by atoms with E-state index in [1.165, 1.54) is 0 Å². The molecule has 0 fully saturated rings. The minimum atomic E-state index is 0.0673. The van der Waals surface area contributed by atoms with Crippen molar-refractivity contribution in [2.45, 2.75) is 13.8 Å². The summed E-state index contributed by atoms with van der Waals surface area (Å²) in [5, 5.41) is 0. The first kappa shape index (κ1) is 9.51. The summed E-state index contributed by atoms with van der Waals surface area (Å²) in [4.78, 5) is 11.1. The first-order valence-electron chi connectivity index (χ1n) is 3.59. The van der Waals surface area contributed by atoms with Gasteiger partial charge in [-0.1, -0.05) is 0 Å². The summed E-state index contributed by atoms with van der Waals surface area (Å²) in [5.41, 5.74) is 7.99. The quantitative estimate of drug-likeness (QED) is 0.486. The fourth-order valence-corrected chi connectivity index (χ4v) is 1.71. The molecule has 0 amide bonds. The number of anilines is 1. The van der Waals surface area contributed by atoms with Crippen LogP contribution < -0.4 is 5.73 Å². The number of rotatable bonds is 1. The first-order valence-corrected chi connectivity index (χ1v) is 4.67. The summed E-state index contributed by atoms with van der Waals surface area (Å²) in [5.74, 6) is 0.0673. The molecule has 1 rings (SSSR count). The maximum absolute atomic E-state index is 11.1. The molecule has 0 aromatic heterocycles. The zero-order chi connectivity index (χ0) is 9.30. The van der Waals surface area contributed by atoms with Crippen LogP contribution in [0.15, 0.2) is 12.1 Å². The lowest BCUT2D eigenvalue weighted by molar-refractivity contribution is 0.101. The van der Waals surface area contributed by atoms with Gasteiger partial charge in [0.25, 0.3) is 0 Å². The van der Waals surface area contributed by atoms with Gasteiger partial charge in [-0.2, -0.15) is 0 Å². The SMILES string of the molecule is CC(=O)c1cc(I)cc(N)c1C. The van der Waals surface area contributed by atoms with Crippen molar-refractivity contribution in [3.63, 3.8) is 0 Å². The van der Waals surface area contributed by atoms with Gasteiger partial charge in [-0.15, -0.1) is 0 Å². The second kappa shape index (κ2) is 3.43. The van der Waals surface area contributed by atoms with Crippen LogP contribution in [0.2, 0.25) is 0 Å². The highest BCUT2D eigenvalue weighted by molar-refractivity contribution is 14.1. The Hall–Kier alpha value is -0.580. The third-order valence-corrected chi connectivity index (χ3v) is 2.41. The lowest BCUT2D eigenvalue weighted by atomic mass is 10.0. The van der Waals surface area contributed by atoms with Crippen LogP contribution in [0.5, 0.6) is 0 Å². The fourth-order valence-electron chi connectivity index (χ4n) is 1.07. The van der Waals surface area contributed by atoms with E-state index in [-0.39, 0.29) is 5.78 Å². The first-order chi connectivity index (χ1) is 5.52. The molecular weight excluding hydrogens is 265 g/mol. The van der Waals surface area contributed by atoms with Crippen molar-refractivity contribution in [3.8, 4) is 0 Å². The van der Waals surface area contributed by atoms with Crippen LogP contribution in [0, 0.1) is 10.5 Å². The van der Waals surface area contributed by atoms with E-state index in [0.717, 1.165) is 14.7 Å². The second-order valence-corrected chi connectivity index (χ2v) is 3.97. The number of nitrogen functional groups attached to an aromatic ring is 1. The minimum absolute atomic E-state index is 0.0673. The Morgan fingerprint density at radius 2 is 2.08 bits per heavy atom. The Morgan fingerprint density at radius 3 is 2.58 bits per heavy atom. The van der Waals surface area contributed by atoms with E-state index in [9.17, 15) is 4.79 Å². The van der Waals surface area contributed by atoms with Gasteiger partial charge in [-0.3, -0.25) is 4.79 Å². The van der Waals surface area contributed by atoms with E-state index in [0.29, 0.717) is 5.69 Å². The number of hydrogen-bond donors (Lipinski definition) is 1. The minimum Gasteiger partial charge on any atom is -0.398 e. The number of carbonyl (C=O) groups is 1. The summed E-state index contributed by atoms with van der Waals surface area (Å²) in [6.45, 7) is 3.42. The average molecular weight is 275 g/mol. The van der Waals surface area contributed by atoms with Gasteiger partial charge in [-0.05, 0) is 54.1 Å². The topological polar surface area (TPSA) is 43.1 Å². The number of carbonyl (C=O) groups excluding carboxylic acids is 1. The third-order valence-electron chi connectivity index (χ3n) is 1.79. The van der Waals surface area contributed by atoms with E-state index in [1.807, 2.05) is 19.1 Å². The standard InChI is InChI=1S/C9H10INO/c1-5-8(6(2)12)3-7(10)4-9(5)11/h3-4H,11H2,1-2H3. The molecule has 64 valence electrons. The van der Waals surface area contributed by atoms with Crippen molar-refractivity contribution in [2.24, 2.45) is 0 Å². The zero-order valence-electron chi connectivity index (χ0n) is 7.02. The van der Waals surface area contributed by atoms with Gasteiger partial charge in [0, 0.05) is 14.8 Å². The predicted octanol–water partition coefficient (Wildman–Crippen LogP) is 2.38. The molecule has 0 spiro atoms. The Labute approximate surface area is 85.3 Å². The molecule has 0 atom stereocenters. The van der Waals surface area contributed by atoms with Crippen molar-refractivity contribution < 1.29 is 4.79 Å². The molecule has 0 saturated carbocycles. The lowest BCUT2D eigenvalue weighted by Gasteiger charge is -2.05.